The summed E-state index contributed by atoms with van der Waals surface area (Å²) in [6.07, 6.45) is 3.15. The number of carbonyl (C=O) groups is 1. The molecule has 0 unspecified atom stereocenters. The molecule has 4 nitrogen and oxygen atoms in total. The predicted molar refractivity (Wildman–Crippen MR) is 57.7 cm³/mol. The van der Waals surface area contributed by atoms with E-state index < -0.39 is 0 Å². The summed E-state index contributed by atoms with van der Waals surface area (Å²) in [4.78, 5) is 23.0. The molecular formula is C11H13N3O. The normalized spacial score (nSPS) is 11.9. The molecule has 4 heteroatoms. The molecule has 0 saturated heterocycles. The maximum atomic E-state index is 12.0. The molecule has 0 spiro atoms. The molecule has 0 aromatic carbocycles. The first-order valence-electron chi connectivity index (χ1n) is 4.82. The van der Waals surface area contributed by atoms with Crippen LogP contribution in [0.2, 0.25) is 0 Å². The summed E-state index contributed by atoms with van der Waals surface area (Å²) in [6.45, 7) is 5.69. The van der Waals surface area contributed by atoms with Crippen molar-refractivity contribution in [1.82, 2.24) is 15.0 Å². The van der Waals surface area contributed by atoms with Gasteiger partial charge in [-0.1, -0.05) is 20.8 Å². The highest BCUT2D eigenvalue weighted by atomic mass is 16.1. The van der Waals surface area contributed by atoms with Crippen molar-refractivity contribution in [2.45, 2.75) is 20.8 Å². The highest BCUT2D eigenvalue weighted by Gasteiger charge is 2.23. The zero-order valence-corrected chi connectivity index (χ0v) is 9.03. The third kappa shape index (κ3) is 1.75. The Bertz CT molecular complexity index is 508. The van der Waals surface area contributed by atoms with Gasteiger partial charge < -0.3 is 4.98 Å². The number of aromatic nitrogens is 3. The summed E-state index contributed by atoms with van der Waals surface area (Å²) in [5, 5.41) is 0. The minimum absolute atomic E-state index is 0.0894. The average molecular weight is 203 g/mol. The quantitative estimate of drug-likeness (QED) is 0.723. The summed E-state index contributed by atoms with van der Waals surface area (Å²) in [5.41, 5.74) is 1.68. The number of carbonyl (C=O) groups excluding carboxylic acids is 1. The van der Waals surface area contributed by atoms with Crippen molar-refractivity contribution in [3.8, 4) is 0 Å². The van der Waals surface area contributed by atoms with Crippen LogP contribution < -0.4 is 0 Å². The third-order valence-corrected chi connectivity index (χ3v) is 2.22. The van der Waals surface area contributed by atoms with Gasteiger partial charge in [-0.25, -0.2) is 9.97 Å². The minimum Gasteiger partial charge on any atom is -0.343 e. The van der Waals surface area contributed by atoms with Gasteiger partial charge in [0, 0.05) is 17.2 Å². The Kier molecular flexibility index (Phi) is 2.07. The Morgan fingerprint density at radius 3 is 2.73 bits per heavy atom. The van der Waals surface area contributed by atoms with Crippen molar-refractivity contribution >= 4 is 16.9 Å². The number of fused-ring (bicyclic) bond motifs is 1. The number of pyridine rings is 1. The molecule has 0 fully saturated rings. The highest BCUT2D eigenvalue weighted by Crippen LogP contribution is 2.21. The Morgan fingerprint density at radius 1 is 1.33 bits per heavy atom. The van der Waals surface area contributed by atoms with Crippen LogP contribution in [0, 0.1) is 5.41 Å². The number of ketones is 1. The van der Waals surface area contributed by atoms with Gasteiger partial charge in [0.2, 0.25) is 0 Å². The number of nitrogens with one attached hydrogen (secondary N) is 1. The van der Waals surface area contributed by atoms with Crippen LogP contribution in [0.5, 0.6) is 0 Å². The van der Waals surface area contributed by atoms with E-state index in [1.54, 1.807) is 18.6 Å². The van der Waals surface area contributed by atoms with Crippen LogP contribution in [0.4, 0.5) is 0 Å². The van der Waals surface area contributed by atoms with Gasteiger partial charge in [0.05, 0.1) is 11.8 Å². The van der Waals surface area contributed by atoms with Gasteiger partial charge in [-0.3, -0.25) is 4.79 Å². The molecule has 1 N–H and O–H groups in total. The zero-order chi connectivity index (χ0) is 11.1. The Morgan fingerprint density at radius 2 is 2.07 bits per heavy atom. The largest absolute Gasteiger partial charge is 0.343 e. The SMILES string of the molecule is CC(C)(C)C(=O)c1cnc2nc[nH]c2c1. The molecule has 0 aliphatic heterocycles. The maximum absolute atomic E-state index is 12.0. The highest BCUT2D eigenvalue weighted by molar-refractivity contribution is 6.01. The molecule has 0 aliphatic carbocycles. The second-order valence-corrected chi connectivity index (χ2v) is 4.58. The maximum Gasteiger partial charge on any atom is 0.177 e. The van der Waals surface area contributed by atoms with Crippen molar-refractivity contribution in [3.05, 3.63) is 24.2 Å². The fourth-order valence-electron chi connectivity index (χ4n) is 1.39. The van der Waals surface area contributed by atoms with Gasteiger partial charge in [0.15, 0.2) is 11.4 Å². The number of Topliss-reactive ketones (excluding diaryl/α,β-unsaturated/α-hetero) is 1. The predicted octanol–water partition coefficient (Wildman–Crippen LogP) is 2.19. The van der Waals surface area contributed by atoms with Gasteiger partial charge in [0.25, 0.3) is 0 Å². The molecular weight excluding hydrogens is 190 g/mol. The zero-order valence-electron chi connectivity index (χ0n) is 9.03. The van der Waals surface area contributed by atoms with Crippen molar-refractivity contribution in [1.29, 1.82) is 0 Å². The van der Waals surface area contributed by atoms with E-state index in [0.29, 0.717) is 11.2 Å². The first-order valence-corrected chi connectivity index (χ1v) is 4.82. The van der Waals surface area contributed by atoms with Gasteiger partial charge in [0.1, 0.15) is 0 Å². The lowest BCUT2D eigenvalue weighted by Gasteiger charge is -2.15. The number of nitrogens with zero attached hydrogens (tertiary/aromatic N) is 2. The first-order chi connectivity index (χ1) is 6.98. The van der Waals surface area contributed by atoms with E-state index in [4.69, 9.17) is 0 Å². The van der Waals surface area contributed by atoms with E-state index in [9.17, 15) is 4.79 Å². The molecule has 0 radical (unpaired) electrons. The van der Waals surface area contributed by atoms with Gasteiger partial charge in [-0.15, -0.1) is 0 Å². The van der Waals surface area contributed by atoms with Crippen molar-refractivity contribution in [2.75, 3.05) is 0 Å². The standard InChI is InChI=1S/C11H13N3O/c1-11(2,3)9(15)7-4-8-10(12-5-7)14-6-13-8/h4-6H,1-3H3,(H,12,13,14). The fraction of sp³-hybridized carbons (Fsp3) is 0.364. The second kappa shape index (κ2) is 3.15. The van der Waals surface area contributed by atoms with Gasteiger partial charge in [-0.05, 0) is 6.07 Å². The lowest BCUT2D eigenvalue weighted by Crippen LogP contribution is -2.20. The number of hydrogen-bond acceptors (Lipinski definition) is 3. The van der Waals surface area contributed by atoms with Crippen molar-refractivity contribution < 1.29 is 4.79 Å². The minimum atomic E-state index is -0.380. The molecule has 0 saturated carbocycles. The molecule has 2 aromatic heterocycles. The number of H-pyrrole nitrogens is 1. The molecule has 0 atom stereocenters. The third-order valence-electron chi connectivity index (χ3n) is 2.22. The number of hydrogen-bond donors (Lipinski definition) is 1. The first kappa shape index (κ1) is 9.83. The smallest absolute Gasteiger partial charge is 0.177 e. The number of aromatic amines is 1. The molecule has 0 aliphatic rings. The molecule has 15 heavy (non-hydrogen) atoms. The van der Waals surface area contributed by atoms with Gasteiger partial charge >= 0.3 is 0 Å². The van der Waals surface area contributed by atoms with E-state index in [0.717, 1.165) is 5.52 Å². The van der Waals surface area contributed by atoms with E-state index >= 15 is 0 Å². The van der Waals surface area contributed by atoms with E-state index in [1.807, 2.05) is 20.8 Å². The van der Waals surface area contributed by atoms with Crippen LogP contribution >= 0.6 is 0 Å². The van der Waals surface area contributed by atoms with E-state index in [2.05, 4.69) is 15.0 Å². The Labute approximate surface area is 87.7 Å². The summed E-state index contributed by atoms with van der Waals surface area (Å²) >= 11 is 0. The summed E-state index contributed by atoms with van der Waals surface area (Å²) in [5.74, 6) is 0.0894. The number of imidazole rings is 1. The molecule has 78 valence electrons. The monoisotopic (exact) mass is 203 g/mol. The van der Waals surface area contributed by atoms with E-state index in [-0.39, 0.29) is 11.2 Å². The topological polar surface area (TPSA) is 58.6 Å². The summed E-state index contributed by atoms with van der Waals surface area (Å²) in [7, 11) is 0. The fourth-order valence-corrected chi connectivity index (χ4v) is 1.39. The molecule has 2 aromatic rings. The summed E-state index contributed by atoms with van der Waals surface area (Å²) in [6, 6.07) is 1.79. The number of rotatable bonds is 1. The summed E-state index contributed by atoms with van der Waals surface area (Å²) < 4.78 is 0. The van der Waals surface area contributed by atoms with Crippen molar-refractivity contribution in [3.63, 3.8) is 0 Å². The van der Waals surface area contributed by atoms with Crippen LogP contribution in [0.3, 0.4) is 0 Å². The van der Waals surface area contributed by atoms with E-state index in [1.165, 1.54) is 0 Å². The van der Waals surface area contributed by atoms with Gasteiger partial charge in [-0.2, -0.15) is 0 Å². The van der Waals surface area contributed by atoms with Crippen LogP contribution in [0.25, 0.3) is 11.2 Å². The molecule has 2 rings (SSSR count). The van der Waals surface area contributed by atoms with Crippen LogP contribution in [-0.2, 0) is 0 Å². The molecule has 0 amide bonds. The lowest BCUT2D eigenvalue weighted by molar-refractivity contribution is 0.0858. The van der Waals surface area contributed by atoms with Crippen LogP contribution in [0.15, 0.2) is 18.6 Å². The lowest BCUT2D eigenvalue weighted by atomic mass is 9.87. The molecule has 0 bridgehead atoms. The second-order valence-electron chi connectivity index (χ2n) is 4.58. The van der Waals surface area contributed by atoms with Crippen molar-refractivity contribution in [2.24, 2.45) is 5.41 Å². The Hall–Kier alpha value is -1.71. The molecule has 2 heterocycles. The van der Waals surface area contributed by atoms with Crippen LogP contribution in [0.1, 0.15) is 31.1 Å². The Balaban J connectivity index is 2.49. The average Bonchev–Trinajstić information content (AvgIpc) is 2.61. The van der Waals surface area contributed by atoms with Crippen LogP contribution in [-0.4, -0.2) is 20.7 Å².